The Morgan fingerprint density at radius 2 is 2.06 bits per heavy atom. The third kappa shape index (κ3) is 4.02. The second-order valence-corrected chi connectivity index (χ2v) is 4.37. The average molecular weight is 255 g/mol. The number of aryl methyl sites for hydroxylation is 1. The number of halogens is 1. The number of nitrogens with two attached hydrogens (primary N) is 1. The molecule has 17 heavy (non-hydrogen) atoms. The number of nitrogens with zero attached hydrogens (tertiary/aromatic N) is 1. The van der Waals surface area contributed by atoms with Crippen molar-refractivity contribution in [3.63, 3.8) is 0 Å². The van der Waals surface area contributed by atoms with Crippen molar-refractivity contribution in [1.82, 2.24) is 4.90 Å². The maximum Gasteiger partial charge on any atom is 0.222 e. The van der Waals surface area contributed by atoms with Crippen molar-refractivity contribution in [1.29, 1.82) is 0 Å². The van der Waals surface area contributed by atoms with Gasteiger partial charge in [-0.2, -0.15) is 0 Å². The van der Waals surface area contributed by atoms with Crippen LogP contribution in [0.4, 0.5) is 0 Å². The molecule has 94 valence electrons. The van der Waals surface area contributed by atoms with Gasteiger partial charge < -0.3 is 10.6 Å². The van der Waals surface area contributed by atoms with Gasteiger partial charge in [0.2, 0.25) is 5.91 Å². The third-order valence-electron chi connectivity index (χ3n) is 3.05. The fraction of sp³-hybridized carbons (Fsp3) is 0.462. The van der Waals surface area contributed by atoms with Crippen molar-refractivity contribution in [2.45, 2.75) is 25.3 Å². The predicted molar refractivity (Wildman–Crippen MR) is 71.2 cm³/mol. The first-order valence-electron chi connectivity index (χ1n) is 5.83. The Kier molecular flexibility index (Phi) is 5.45. The van der Waals surface area contributed by atoms with E-state index in [-0.39, 0.29) is 24.4 Å². The fourth-order valence-corrected chi connectivity index (χ4v) is 2.07. The highest BCUT2D eigenvalue weighted by atomic mass is 35.5. The van der Waals surface area contributed by atoms with Crippen LogP contribution in [0.15, 0.2) is 30.3 Å². The lowest BCUT2D eigenvalue weighted by Gasteiger charge is -2.15. The second-order valence-electron chi connectivity index (χ2n) is 4.37. The van der Waals surface area contributed by atoms with Crippen molar-refractivity contribution in [3.05, 3.63) is 35.9 Å². The molecule has 1 amide bonds. The highest BCUT2D eigenvalue weighted by molar-refractivity contribution is 5.85. The summed E-state index contributed by atoms with van der Waals surface area (Å²) in [7, 11) is 0. The van der Waals surface area contributed by atoms with Gasteiger partial charge in [0.15, 0.2) is 0 Å². The monoisotopic (exact) mass is 254 g/mol. The minimum Gasteiger partial charge on any atom is -0.341 e. The summed E-state index contributed by atoms with van der Waals surface area (Å²) >= 11 is 0. The van der Waals surface area contributed by atoms with E-state index in [0.717, 1.165) is 25.9 Å². The topological polar surface area (TPSA) is 46.3 Å². The molecule has 2 N–H and O–H groups in total. The van der Waals surface area contributed by atoms with Crippen molar-refractivity contribution in [2.24, 2.45) is 5.73 Å². The minimum atomic E-state index is 0. The summed E-state index contributed by atoms with van der Waals surface area (Å²) < 4.78 is 0. The summed E-state index contributed by atoms with van der Waals surface area (Å²) in [5.41, 5.74) is 7.00. The molecule has 3 nitrogen and oxygen atoms in total. The lowest BCUT2D eigenvalue weighted by Crippen LogP contribution is -2.31. The first-order chi connectivity index (χ1) is 7.75. The van der Waals surface area contributed by atoms with Gasteiger partial charge in [-0.25, -0.2) is 0 Å². The smallest absolute Gasteiger partial charge is 0.222 e. The summed E-state index contributed by atoms with van der Waals surface area (Å²) in [5, 5.41) is 0. The van der Waals surface area contributed by atoms with Gasteiger partial charge in [-0.3, -0.25) is 4.79 Å². The highest BCUT2D eigenvalue weighted by Gasteiger charge is 2.22. The number of hydrogen-bond donors (Lipinski definition) is 1. The van der Waals surface area contributed by atoms with Crippen molar-refractivity contribution >= 4 is 18.3 Å². The summed E-state index contributed by atoms with van der Waals surface area (Å²) in [4.78, 5) is 13.7. The van der Waals surface area contributed by atoms with E-state index in [1.54, 1.807) is 0 Å². The average Bonchev–Trinajstić information content (AvgIpc) is 2.74. The minimum absolute atomic E-state index is 0. The van der Waals surface area contributed by atoms with Crippen molar-refractivity contribution < 1.29 is 4.79 Å². The molecule has 2 rings (SSSR count). The van der Waals surface area contributed by atoms with Crippen LogP contribution in [0.1, 0.15) is 18.4 Å². The van der Waals surface area contributed by atoms with Crippen LogP contribution in [0.2, 0.25) is 0 Å². The number of benzene rings is 1. The first-order valence-corrected chi connectivity index (χ1v) is 5.83. The van der Waals surface area contributed by atoms with Gasteiger partial charge in [0.25, 0.3) is 0 Å². The Balaban J connectivity index is 0.00000144. The second kappa shape index (κ2) is 6.62. The molecule has 4 heteroatoms. The lowest BCUT2D eigenvalue weighted by molar-refractivity contribution is -0.130. The van der Waals surface area contributed by atoms with E-state index in [2.05, 4.69) is 12.1 Å². The van der Waals surface area contributed by atoms with Crippen LogP contribution in [-0.4, -0.2) is 29.9 Å². The Morgan fingerprint density at radius 1 is 1.35 bits per heavy atom. The van der Waals surface area contributed by atoms with E-state index >= 15 is 0 Å². The third-order valence-corrected chi connectivity index (χ3v) is 3.05. The van der Waals surface area contributed by atoms with Crippen molar-refractivity contribution in [3.8, 4) is 0 Å². The predicted octanol–water partition coefficient (Wildman–Crippen LogP) is 1.60. The molecule has 1 fully saturated rings. The van der Waals surface area contributed by atoms with Gasteiger partial charge in [0.05, 0.1) is 0 Å². The molecule has 1 aromatic carbocycles. The van der Waals surface area contributed by atoms with E-state index in [0.29, 0.717) is 6.42 Å². The number of likely N-dealkylation sites (tertiary alicyclic amines) is 1. The molecule has 1 atom stereocenters. The van der Waals surface area contributed by atoms with Crippen LogP contribution in [0.25, 0.3) is 0 Å². The van der Waals surface area contributed by atoms with Gasteiger partial charge in [-0.15, -0.1) is 12.4 Å². The Labute approximate surface area is 108 Å². The molecule has 1 aliphatic heterocycles. The van der Waals surface area contributed by atoms with E-state index in [1.165, 1.54) is 5.56 Å². The summed E-state index contributed by atoms with van der Waals surface area (Å²) in [5.74, 6) is 0.233. The summed E-state index contributed by atoms with van der Waals surface area (Å²) in [6.07, 6.45) is 2.36. The zero-order chi connectivity index (χ0) is 11.4. The molecule has 1 heterocycles. The van der Waals surface area contributed by atoms with E-state index in [4.69, 9.17) is 5.73 Å². The Morgan fingerprint density at radius 3 is 2.65 bits per heavy atom. The molecule has 0 aromatic heterocycles. The van der Waals surface area contributed by atoms with Gasteiger partial charge in [-0.1, -0.05) is 30.3 Å². The number of rotatable bonds is 3. The van der Waals surface area contributed by atoms with Crippen LogP contribution in [0.3, 0.4) is 0 Å². The number of carbonyl (C=O) groups is 1. The quantitative estimate of drug-likeness (QED) is 0.891. The van der Waals surface area contributed by atoms with E-state index in [1.807, 2.05) is 23.1 Å². The number of hydrogen-bond acceptors (Lipinski definition) is 2. The van der Waals surface area contributed by atoms with E-state index < -0.39 is 0 Å². The van der Waals surface area contributed by atoms with Crippen molar-refractivity contribution in [2.75, 3.05) is 13.1 Å². The SMILES string of the molecule is Cl.N[C@H]1CCN(C(=O)CCc2ccccc2)C1. The molecule has 0 radical (unpaired) electrons. The molecule has 1 aliphatic rings. The first kappa shape index (κ1) is 14.0. The van der Waals surface area contributed by atoms with Crippen LogP contribution >= 0.6 is 12.4 Å². The summed E-state index contributed by atoms with van der Waals surface area (Å²) in [6.45, 7) is 1.56. The largest absolute Gasteiger partial charge is 0.341 e. The fourth-order valence-electron chi connectivity index (χ4n) is 2.07. The van der Waals surface area contributed by atoms with Crippen LogP contribution in [-0.2, 0) is 11.2 Å². The molecular formula is C13H19ClN2O. The van der Waals surface area contributed by atoms with Gasteiger partial charge >= 0.3 is 0 Å². The highest BCUT2D eigenvalue weighted by Crippen LogP contribution is 2.10. The molecule has 0 aliphatic carbocycles. The van der Waals surface area contributed by atoms with Gasteiger partial charge in [0.1, 0.15) is 0 Å². The Hall–Kier alpha value is -1.06. The van der Waals surface area contributed by atoms with E-state index in [9.17, 15) is 4.79 Å². The maximum atomic E-state index is 11.8. The maximum absolute atomic E-state index is 11.8. The standard InChI is InChI=1S/C13H18N2O.ClH/c14-12-8-9-15(10-12)13(16)7-6-11-4-2-1-3-5-11;/h1-5,12H,6-10,14H2;1H/t12-;/m0./s1. The molecule has 1 aromatic rings. The molecule has 0 bridgehead atoms. The molecule has 0 saturated carbocycles. The molecule has 0 unspecified atom stereocenters. The van der Waals surface area contributed by atoms with Crippen LogP contribution in [0, 0.1) is 0 Å². The molecule has 1 saturated heterocycles. The molecule has 0 spiro atoms. The number of amides is 1. The normalized spacial score (nSPS) is 18.9. The van der Waals surface area contributed by atoms with Crippen LogP contribution in [0.5, 0.6) is 0 Å². The van der Waals surface area contributed by atoms with Gasteiger partial charge in [0, 0.05) is 25.6 Å². The van der Waals surface area contributed by atoms with Gasteiger partial charge in [-0.05, 0) is 18.4 Å². The van der Waals surface area contributed by atoms with Crippen LogP contribution < -0.4 is 5.73 Å². The molecular weight excluding hydrogens is 236 g/mol. The lowest BCUT2D eigenvalue weighted by atomic mass is 10.1. The number of carbonyl (C=O) groups excluding carboxylic acids is 1. The zero-order valence-corrected chi connectivity index (χ0v) is 10.7. The summed E-state index contributed by atoms with van der Waals surface area (Å²) in [6, 6.07) is 10.3. The Bertz CT molecular complexity index is 356. The zero-order valence-electron chi connectivity index (χ0n) is 9.84.